The summed E-state index contributed by atoms with van der Waals surface area (Å²) in [6, 6.07) is 5.32. The predicted octanol–water partition coefficient (Wildman–Crippen LogP) is 3.07. The van der Waals surface area contributed by atoms with Gasteiger partial charge in [-0.05, 0) is 37.5 Å². The van der Waals surface area contributed by atoms with Crippen molar-refractivity contribution >= 4 is 17.5 Å². The van der Waals surface area contributed by atoms with Crippen LogP contribution < -0.4 is 5.32 Å². The molecule has 1 aliphatic rings. The van der Waals surface area contributed by atoms with Crippen LogP contribution in [-0.2, 0) is 0 Å². The minimum Gasteiger partial charge on any atom is -0.394 e. The molecule has 4 heteroatoms. The van der Waals surface area contributed by atoms with Crippen LogP contribution in [-0.4, -0.2) is 23.2 Å². The van der Waals surface area contributed by atoms with Gasteiger partial charge >= 0.3 is 0 Å². The monoisotopic (exact) mass is 281 g/mol. The summed E-state index contributed by atoms with van der Waals surface area (Å²) in [5.74, 6) is -0.143. The molecular weight excluding hydrogens is 262 g/mol. The molecule has 0 radical (unpaired) electrons. The lowest BCUT2D eigenvalue weighted by atomic mass is 9.82. The van der Waals surface area contributed by atoms with E-state index in [1.54, 1.807) is 18.2 Å². The molecule has 0 aliphatic heterocycles. The van der Waals surface area contributed by atoms with Gasteiger partial charge in [0.1, 0.15) is 0 Å². The highest BCUT2D eigenvalue weighted by Gasteiger charge is 2.33. The number of benzene rings is 1. The van der Waals surface area contributed by atoms with Gasteiger partial charge < -0.3 is 10.4 Å². The summed E-state index contributed by atoms with van der Waals surface area (Å²) in [4.78, 5) is 12.4. The Bertz CT molecular complexity index is 467. The number of hydrogen-bond acceptors (Lipinski definition) is 2. The predicted molar refractivity (Wildman–Crippen MR) is 76.6 cm³/mol. The normalized spacial score (nSPS) is 18.1. The molecule has 104 valence electrons. The highest BCUT2D eigenvalue weighted by Crippen LogP contribution is 2.28. The number of carbonyl (C=O) groups excluding carboxylic acids is 1. The van der Waals surface area contributed by atoms with Crippen LogP contribution in [0.2, 0.25) is 5.02 Å². The molecule has 0 heterocycles. The number of aliphatic hydroxyl groups is 1. The molecule has 1 aliphatic carbocycles. The van der Waals surface area contributed by atoms with Crippen molar-refractivity contribution in [2.75, 3.05) is 6.61 Å². The Balaban J connectivity index is 2.17. The first-order chi connectivity index (χ1) is 9.08. The van der Waals surface area contributed by atoms with Gasteiger partial charge in [-0.25, -0.2) is 0 Å². The average Bonchev–Trinajstić information content (AvgIpc) is 2.42. The second kappa shape index (κ2) is 5.93. The average molecular weight is 282 g/mol. The summed E-state index contributed by atoms with van der Waals surface area (Å²) >= 11 is 6.04. The van der Waals surface area contributed by atoms with Crippen molar-refractivity contribution in [1.82, 2.24) is 5.32 Å². The summed E-state index contributed by atoms with van der Waals surface area (Å²) in [5, 5.41) is 13.2. The fourth-order valence-corrected chi connectivity index (χ4v) is 2.89. The zero-order chi connectivity index (χ0) is 13.9. The topological polar surface area (TPSA) is 49.3 Å². The van der Waals surface area contributed by atoms with Gasteiger partial charge in [0.15, 0.2) is 0 Å². The summed E-state index contributed by atoms with van der Waals surface area (Å²) in [7, 11) is 0. The van der Waals surface area contributed by atoms with E-state index in [2.05, 4.69) is 5.32 Å². The molecule has 3 nitrogen and oxygen atoms in total. The Labute approximate surface area is 119 Å². The van der Waals surface area contributed by atoms with Crippen molar-refractivity contribution in [1.29, 1.82) is 0 Å². The number of halogens is 1. The molecule has 1 saturated carbocycles. The summed E-state index contributed by atoms with van der Waals surface area (Å²) in [6.45, 7) is 1.84. The van der Waals surface area contributed by atoms with Gasteiger partial charge in [-0.2, -0.15) is 0 Å². The van der Waals surface area contributed by atoms with Gasteiger partial charge in [-0.15, -0.1) is 0 Å². The maximum Gasteiger partial charge on any atom is 0.252 e. The van der Waals surface area contributed by atoms with Crippen molar-refractivity contribution in [3.05, 3.63) is 34.3 Å². The Morgan fingerprint density at radius 1 is 1.37 bits per heavy atom. The standard InChI is InChI=1S/C15H20ClNO2/c1-11-12(6-5-7-13(11)16)14(19)17-15(10-18)8-3-2-4-9-15/h5-7,18H,2-4,8-10H2,1H3,(H,17,19). The van der Waals surface area contributed by atoms with E-state index in [9.17, 15) is 9.90 Å². The van der Waals surface area contributed by atoms with Crippen LogP contribution in [0.3, 0.4) is 0 Å². The summed E-state index contributed by atoms with van der Waals surface area (Å²) < 4.78 is 0. The van der Waals surface area contributed by atoms with E-state index in [4.69, 9.17) is 11.6 Å². The van der Waals surface area contributed by atoms with E-state index in [0.29, 0.717) is 10.6 Å². The van der Waals surface area contributed by atoms with Crippen molar-refractivity contribution in [2.45, 2.75) is 44.6 Å². The maximum absolute atomic E-state index is 12.4. The zero-order valence-corrected chi connectivity index (χ0v) is 12.0. The van der Waals surface area contributed by atoms with Gasteiger partial charge in [0.25, 0.3) is 5.91 Å². The largest absolute Gasteiger partial charge is 0.394 e. The van der Waals surface area contributed by atoms with Crippen molar-refractivity contribution in [3.63, 3.8) is 0 Å². The first-order valence-corrected chi connectivity index (χ1v) is 7.14. The zero-order valence-electron chi connectivity index (χ0n) is 11.2. The van der Waals surface area contributed by atoms with Crippen molar-refractivity contribution < 1.29 is 9.90 Å². The number of amides is 1. The summed E-state index contributed by atoms with van der Waals surface area (Å²) in [5.41, 5.74) is 0.917. The Morgan fingerprint density at radius 3 is 2.68 bits per heavy atom. The SMILES string of the molecule is Cc1c(Cl)cccc1C(=O)NC1(CO)CCCCC1. The van der Waals surface area contributed by atoms with Crippen LogP contribution in [0.25, 0.3) is 0 Å². The molecule has 2 rings (SSSR count). The number of carbonyl (C=O) groups is 1. The molecule has 1 aromatic rings. The van der Waals surface area contributed by atoms with Gasteiger partial charge in [-0.1, -0.05) is 36.9 Å². The summed E-state index contributed by atoms with van der Waals surface area (Å²) in [6.07, 6.45) is 4.96. The fraction of sp³-hybridized carbons (Fsp3) is 0.533. The smallest absolute Gasteiger partial charge is 0.252 e. The van der Waals surface area contributed by atoms with E-state index < -0.39 is 5.54 Å². The third kappa shape index (κ3) is 3.10. The lowest BCUT2D eigenvalue weighted by molar-refractivity contribution is 0.0758. The molecule has 0 bridgehead atoms. The Hall–Kier alpha value is -1.06. The second-order valence-corrected chi connectivity index (χ2v) is 5.77. The van der Waals surface area contributed by atoms with Crippen molar-refractivity contribution in [3.8, 4) is 0 Å². The first-order valence-electron chi connectivity index (χ1n) is 6.76. The van der Waals surface area contributed by atoms with Crippen LogP contribution in [0, 0.1) is 6.92 Å². The van der Waals surface area contributed by atoms with Crippen LogP contribution >= 0.6 is 11.6 Å². The third-order valence-corrected chi connectivity index (χ3v) is 4.41. The first kappa shape index (κ1) is 14.4. The highest BCUT2D eigenvalue weighted by molar-refractivity contribution is 6.31. The third-order valence-electron chi connectivity index (χ3n) is 4.00. The Kier molecular flexibility index (Phi) is 4.48. The van der Waals surface area contributed by atoms with Crippen LogP contribution in [0.1, 0.15) is 48.0 Å². The number of nitrogens with one attached hydrogen (secondary N) is 1. The number of aliphatic hydroxyl groups excluding tert-OH is 1. The quantitative estimate of drug-likeness (QED) is 0.894. The molecule has 0 spiro atoms. The van der Waals surface area contributed by atoms with Crippen LogP contribution in [0.5, 0.6) is 0 Å². The second-order valence-electron chi connectivity index (χ2n) is 5.37. The van der Waals surface area contributed by atoms with Crippen LogP contribution in [0.4, 0.5) is 0 Å². The molecule has 0 saturated heterocycles. The van der Waals surface area contributed by atoms with Gasteiger partial charge in [0, 0.05) is 10.6 Å². The molecular formula is C15H20ClNO2. The van der Waals surface area contributed by atoms with E-state index in [1.165, 1.54) is 6.42 Å². The van der Waals surface area contributed by atoms with Gasteiger partial charge in [-0.3, -0.25) is 4.79 Å². The van der Waals surface area contributed by atoms with E-state index in [-0.39, 0.29) is 12.5 Å². The minimum atomic E-state index is -0.454. The number of hydrogen-bond donors (Lipinski definition) is 2. The van der Waals surface area contributed by atoms with E-state index in [1.807, 2.05) is 6.92 Å². The molecule has 1 fully saturated rings. The molecule has 0 atom stereocenters. The van der Waals surface area contributed by atoms with Crippen LogP contribution in [0.15, 0.2) is 18.2 Å². The van der Waals surface area contributed by atoms with E-state index >= 15 is 0 Å². The van der Waals surface area contributed by atoms with Gasteiger partial charge in [0.05, 0.1) is 12.1 Å². The van der Waals surface area contributed by atoms with Gasteiger partial charge in [0.2, 0.25) is 0 Å². The number of rotatable bonds is 3. The lowest BCUT2D eigenvalue weighted by Crippen LogP contribution is -2.52. The molecule has 1 aromatic carbocycles. The molecule has 2 N–H and O–H groups in total. The lowest BCUT2D eigenvalue weighted by Gasteiger charge is -2.36. The Morgan fingerprint density at radius 2 is 2.05 bits per heavy atom. The van der Waals surface area contributed by atoms with E-state index in [0.717, 1.165) is 31.2 Å². The minimum absolute atomic E-state index is 0.00163. The molecule has 0 aromatic heterocycles. The fourth-order valence-electron chi connectivity index (χ4n) is 2.71. The van der Waals surface area contributed by atoms with Crippen molar-refractivity contribution in [2.24, 2.45) is 0 Å². The molecule has 19 heavy (non-hydrogen) atoms. The highest BCUT2D eigenvalue weighted by atomic mass is 35.5. The maximum atomic E-state index is 12.4. The molecule has 0 unspecified atom stereocenters. The molecule has 1 amide bonds.